The van der Waals surface area contributed by atoms with E-state index in [9.17, 15) is 14.4 Å². The molecular formula is C29H39N5O4. The molecule has 2 heterocycles. The van der Waals surface area contributed by atoms with Crippen molar-refractivity contribution >= 4 is 17.5 Å². The van der Waals surface area contributed by atoms with Crippen molar-refractivity contribution in [1.29, 1.82) is 0 Å². The van der Waals surface area contributed by atoms with E-state index in [4.69, 9.17) is 4.74 Å². The van der Waals surface area contributed by atoms with Gasteiger partial charge in [0.1, 0.15) is 11.8 Å². The molecule has 38 heavy (non-hydrogen) atoms. The van der Waals surface area contributed by atoms with Gasteiger partial charge in [0.05, 0.1) is 11.4 Å². The van der Waals surface area contributed by atoms with Crippen LogP contribution in [0, 0.1) is 5.92 Å². The third kappa shape index (κ3) is 6.16. The van der Waals surface area contributed by atoms with Crippen LogP contribution in [0.25, 0.3) is 17.0 Å². The molecule has 4 rings (SSSR count). The molecule has 1 aliphatic heterocycles. The molecule has 0 radical (unpaired) electrons. The number of amides is 2. The average molecular weight is 522 g/mol. The largest absolute Gasteiger partial charge is 0.375 e. The Balaban J connectivity index is 1.80. The van der Waals surface area contributed by atoms with E-state index in [1.165, 1.54) is 0 Å². The van der Waals surface area contributed by atoms with Crippen LogP contribution in [-0.2, 0) is 16.1 Å². The summed E-state index contributed by atoms with van der Waals surface area (Å²) < 4.78 is 8.99. The van der Waals surface area contributed by atoms with Crippen LogP contribution >= 0.6 is 0 Å². The van der Waals surface area contributed by atoms with Gasteiger partial charge < -0.3 is 20.3 Å². The maximum atomic E-state index is 14.1. The Kier molecular flexibility index (Phi) is 9.36. The first-order chi connectivity index (χ1) is 18.4. The molecule has 1 saturated heterocycles. The molecule has 1 unspecified atom stereocenters. The van der Waals surface area contributed by atoms with Crippen molar-refractivity contribution in [2.75, 3.05) is 39.8 Å². The predicted molar refractivity (Wildman–Crippen MR) is 149 cm³/mol. The minimum absolute atomic E-state index is 0.00547. The van der Waals surface area contributed by atoms with Crippen LogP contribution in [0.5, 0.6) is 0 Å². The Morgan fingerprint density at radius 1 is 1.16 bits per heavy atom. The van der Waals surface area contributed by atoms with Crippen LogP contribution in [-0.4, -0.2) is 71.8 Å². The smallest absolute Gasteiger partial charge is 0.333 e. The lowest BCUT2D eigenvalue weighted by atomic mass is 10.0. The first-order valence-electron chi connectivity index (χ1n) is 13.5. The van der Waals surface area contributed by atoms with Gasteiger partial charge in [0, 0.05) is 58.4 Å². The highest BCUT2D eigenvalue weighted by Crippen LogP contribution is 2.31. The van der Waals surface area contributed by atoms with Crippen LogP contribution in [0.15, 0.2) is 53.4 Å². The third-order valence-electron chi connectivity index (χ3n) is 6.89. The van der Waals surface area contributed by atoms with Gasteiger partial charge >= 0.3 is 5.69 Å². The number of piperazine rings is 1. The molecule has 2 N–H and O–H groups in total. The lowest BCUT2D eigenvalue weighted by Crippen LogP contribution is -2.47. The molecule has 2 aromatic rings. The summed E-state index contributed by atoms with van der Waals surface area (Å²) in [6.45, 7) is 7.31. The van der Waals surface area contributed by atoms with Crippen molar-refractivity contribution in [2.24, 2.45) is 5.92 Å². The van der Waals surface area contributed by atoms with Crippen molar-refractivity contribution in [3.63, 3.8) is 0 Å². The number of carbonyl (C=O) groups is 2. The predicted octanol–water partition coefficient (Wildman–Crippen LogP) is 2.73. The maximum Gasteiger partial charge on any atom is 0.333 e. The molecule has 0 spiro atoms. The summed E-state index contributed by atoms with van der Waals surface area (Å²) >= 11 is 0. The second kappa shape index (κ2) is 12.9. The van der Waals surface area contributed by atoms with Crippen molar-refractivity contribution in [1.82, 2.24) is 24.7 Å². The Labute approximate surface area is 224 Å². The van der Waals surface area contributed by atoms with Crippen molar-refractivity contribution in [2.45, 2.75) is 45.8 Å². The number of hydrogen-bond donors (Lipinski definition) is 2. The zero-order valence-electron chi connectivity index (χ0n) is 22.6. The van der Waals surface area contributed by atoms with Gasteiger partial charge in [-0.15, -0.1) is 0 Å². The number of nitrogens with one attached hydrogen (secondary N) is 2. The zero-order chi connectivity index (χ0) is 27.1. The number of imidazole rings is 1. The van der Waals surface area contributed by atoms with Gasteiger partial charge in [-0.1, -0.05) is 56.3 Å². The molecule has 9 heteroatoms. The lowest BCUT2D eigenvalue weighted by molar-refractivity contribution is -0.121. The SMILES string of the molecule is COC1CC=CC=C1n1c(-c2ccccc2)c(C(=O)N2CCNCC2)n(CCCNC(=O)CC(C)C)c1=O. The van der Waals surface area contributed by atoms with Gasteiger partial charge in [-0.2, -0.15) is 0 Å². The van der Waals surface area contributed by atoms with E-state index in [0.29, 0.717) is 75.6 Å². The first-order valence-corrected chi connectivity index (χ1v) is 13.5. The Bertz CT molecular complexity index is 1240. The number of methoxy groups -OCH3 is 1. The number of allylic oxidation sites excluding steroid dienone is 2. The quantitative estimate of drug-likeness (QED) is 0.469. The molecule has 1 aromatic carbocycles. The van der Waals surface area contributed by atoms with E-state index in [0.717, 1.165) is 5.56 Å². The minimum atomic E-state index is -0.312. The highest BCUT2D eigenvalue weighted by molar-refractivity contribution is 5.99. The van der Waals surface area contributed by atoms with Gasteiger partial charge in [-0.05, 0) is 24.8 Å². The summed E-state index contributed by atoms with van der Waals surface area (Å²) in [4.78, 5) is 42.2. The van der Waals surface area contributed by atoms with Crippen molar-refractivity contribution < 1.29 is 14.3 Å². The van der Waals surface area contributed by atoms with E-state index in [1.807, 2.05) is 67.3 Å². The number of benzene rings is 1. The normalized spacial score (nSPS) is 17.5. The number of nitrogens with zero attached hydrogens (tertiary/aromatic N) is 3. The highest BCUT2D eigenvalue weighted by atomic mass is 16.5. The second-order valence-corrected chi connectivity index (χ2v) is 10.2. The van der Waals surface area contributed by atoms with Crippen molar-refractivity contribution in [3.8, 4) is 11.3 Å². The molecule has 9 nitrogen and oxygen atoms in total. The minimum Gasteiger partial charge on any atom is -0.375 e. The summed E-state index contributed by atoms with van der Waals surface area (Å²) in [6.07, 6.45) is 7.13. The maximum absolute atomic E-state index is 14.1. The van der Waals surface area contributed by atoms with E-state index in [-0.39, 0.29) is 29.5 Å². The summed E-state index contributed by atoms with van der Waals surface area (Å²) in [6, 6.07) is 9.59. The fourth-order valence-electron chi connectivity index (χ4n) is 5.03. The molecule has 1 aliphatic carbocycles. The molecule has 0 bridgehead atoms. The molecule has 1 aromatic heterocycles. The Morgan fingerprint density at radius 3 is 2.58 bits per heavy atom. The molecule has 204 valence electrons. The van der Waals surface area contributed by atoms with E-state index in [1.54, 1.807) is 16.2 Å². The molecular weight excluding hydrogens is 482 g/mol. The second-order valence-electron chi connectivity index (χ2n) is 10.2. The topological polar surface area (TPSA) is 97.6 Å². The van der Waals surface area contributed by atoms with E-state index < -0.39 is 0 Å². The molecule has 0 saturated carbocycles. The number of rotatable bonds is 10. The zero-order valence-corrected chi connectivity index (χ0v) is 22.6. The first kappa shape index (κ1) is 27.6. The number of ether oxygens (including phenoxy) is 1. The van der Waals surface area contributed by atoms with Crippen molar-refractivity contribution in [3.05, 3.63) is 64.7 Å². The number of aromatic nitrogens is 2. The number of hydrogen-bond acceptors (Lipinski definition) is 5. The Morgan fingerprint density at radius 2 is 1.89 bits per heavy atom. The van der Waals surface area contributed by atoms with Gasteiger partial charge in [0.15, 0.2) is 0 Å². The molecule has 2 aliphatic rings. The Hall–Kier alpha value is -3.43. The van der Waals surface area contributed by atoms with Gasteiger partial charge in [0.25, 0.3) is 5.91 Å². The van der Waals surface area contributed by atoms with Crippen LogP contribution in [0.2, 0.25) is 0 Å². The van der Waals surface area contributed by atoms with E-state index in [2.05, 4.69) is 10.6 Å². The van der Waals surface area contributed by atoms with Crippen LogP contribution < -0.4 is 16.3 Å². The fraction of sp³-hybridized carbons (Fsp3) is 0.483. The van der Waals surface area contributed by atoms with Crippen LogP contribution in [0.3, 0.4) is 0 Å². The summed E-state index contributed by atoms with van der Waals surface area (Å²) in [7, 11) is 1.63. The van der Waals surface area contributed by atoms with Crippen LogP contribution in [0.1, 0.15) is 43.6 Å². The van der Waals surface area contributed by atoms with E-state index >= 15 is 0 Å². The molecule has 2 amide bonds. The average Bonchev–Trinajstić information content (AvgIpc) is 3.22. The molecule has 1 fully saturated rings. The highest BCUT2D eigenvalue weighted by Gasteiger charge is 2.33. The fourth-order valence-corrected chi connectivity index (χ4v) is 5.03. The third-order valence-corrected chi connectivity index (χ3v) is 6.89. The molecule has 1 atom stereocenters. The van der Waals surface area contributed by atoms with Crippen LogP contribution in [0.4, 0.5) is 0 Å². The summed E-state index contributed by atoms with van der Waals surface area (Å²) in [5.41, 5.74) is 2.17. The lowest BCUT2D eigenvalue weighted by Gasteiger charge is -2.28. The summed E-state index contributed by atoms with van der Waals surface area (Å²) in [5, 5.41) is 6.23. The number of carbonyl (C=O) groups excluding carboxylic acids is 2. The summed E-state index contributed by atoms with van der Waals surface area (Å²) in [5.74, 6) is 0.106. The monoisotopic (exact) mass is 521 g/mol. The van der Waals surface area contributed by atoms with Gasteiger partial charge in [-0.3, -0.25) is 18.7 Å². The van der Waals surface area contributed by atoms with Gasteiger partial charge in [-0.25, -0.2) is 4.79 Å². The standard InChI is InChI=1S/C29H39N5O4/c1-21(2)20-25(35)31-14-9-17-33-27(28(36)32-18-15-30-16-19-32)26(22-10-5-4-6-11-22)34(29(33)37)23-12-7-8-13-24(23)38-3/h4-8,10-12,21,24,30H,9,13-20H2,1-3H3,(H,31,35). The van der Waals surface area contributed by atoms with Gasteiger partial charge in [0.2, 0.25) is 5.91 Å².